The van der Waals surface area contributed by atoms with Crippen LogP contribution in [0, 0.1) is 5.92 Å². The summed E-state index contributed by atoms with van der Waals surface area (Å²) < 4.78 is 16.6. The van der Waals surface area contributed by atoms with E-state index in [9.17, 15) is 9.59 Å². The second kappa shape index (κ2) is 12.4. The summed E-state index contributed by atoms with van der Waals surface area (Å²) in [6, 6.07) is 12.6. The minimum atomic E-state index is -0.439. The third-order valence-electron chi connectivity index (χ3n) is 7.50. The van der Waals surface area contributed by atoms with Crippen molar-refractivity contribution in [1.29, 1.82) is 0 Å². The Hall–Kier alpha value is -3.14. The first-order valence-electron chi connectivity index (χ1n) is 13.4. The van der Waals surface area contributed by atoms with E-state index in [4.69, 9.17) is 30.9 Å². The van der Waals surface area contributed by atoms with E-state index in [0.717, 1.165) is 37.1 Å². The van der Waals surface area contributed by atoms with Crippen molar-refractivity contribution >= 4 is 29.1 Å². The zero-order chi connectivity index (χ0) is 27.4. The Bertz CT molecular complexity index is 1230. The number of halogens is 1. The van der Waals surface area contributed by atoms with Gasteiger partial charge in [0.25, 0.3) is 5.91 Å². The van der Waals surface area contributed by atoms with Crippen molar-refractivity contribution < 1.29 is 23.8 Å². The van der Waals surface area contributed by atoms with Crippen LogP contribution in [0.2, 0.25) is 5.02 Å². The first-order chi connectivity index (χ1) is 19.0. The lowest BCUT2D eigenvalue weighted by Gasteiger charge is -2.31. The molecule has 1 aliphatic carbocycles. The number of carbonyl (C=O) groups excluding carboxylic acids is 2. The number of carbonyl (C=O) groups is 2. The largest absolute Gasteiger partial charge is 0.497 e. The molecule has 9 nitrogen and oxygen atoms in total. The predicted molar refractivity (Wildman–Crippen MR) is 148 cm³/mol. The molecular weight excluding hydrogens is 520 g/mol. The molecule has 2 heterocycles. The first-order valence-corrected chi connectivity index (χ1v) is 13.8. The molecule has 5 rings (SSSR count). The molecule has 0 aromatic heterocycles. The van der Waals surface area contributed by atoms with Gasteiger partial charge in [-0.2, -0.15) is 5.10 Å². The van der Waals surface area contributed by atoms with Gasteiger partial charge in [-0.1, -0.05) is 29.8 Å². The summed E-state index contributed by atoms with van der Waals surface area (Å²) >= 11 is 6.52. The standard InChI is InChI=1S/C29H35ClN4O5/c1-37-21-9-10-27(38-2)23(17-21)26-18-25(22-5-3-4-6-24(22)30)31-34(26)28(35)19-33(29(36)20-7-8-20)12-11-32-13-15-39-16-14-32/h3-6,9-10,17,20,26H,7-8,11-16,18-19H2,1-2H3. The van der Waals surface area contributed by atoms with Gasteiger partial charge in [-0.3, -0.25) is 14.5 Å². The molecular formula is C29H35ClN4O5. The molecule has 3 aliphatic rings. The minimum absolute atomic E-state index is 0.0116. The van der Waals surface area contributed by atoms with E-state index < -0.39 is 6.04 Å². The predicted octanol–water partition coefficient (Wildman–Crippen LogP) is 3.61. The lowest BCUT2D eigenvalue weighted by atomic mass is 9.97. The highest BCUT2D eigenvalue weighted by molar-refractivity contribution is 6.34. The normalized spacial score (nSPS) is 19.5. The number of hydrogen-bond acceptors (Lipinski definition) is 7. The van der Waals surface area contributed by atoms with Crippen LogP contribution < -0.4 is 9.47 Å². The van der Waals surface area contributed by atoms with Gasteiger partial charge in [-0.05, 0) is 37.1 Å². The van der Waals surface area contributed by atoms with Crippen molar-refractivity contribution in [2.75, 3.05) is 60.2 Å². The SMILES string of the molecule is COc1ccc(OC)c(C2CC(c3ccccc3Cl)=NN2C(=O)CN(CCN2CCOCC2)C(=O)C2CC2)c1. The molecule has 1 atom stereocenters. The number of amides is 2. The summed E-state index contributed by atoms with van der Waals surface area (Å²) in [6.45, 7) is 4.18. The maximum atomic E-state index is 13.9. The molecule has 1 unspecified atom stereocenters. The maximum absolute atomic E-state index is 13.9. The van der Waals surface area contributed by atoms with Crippen molar-refractivity contribution in [3.63, 3.8) is 0 Å². The summed E-state index contributed by atoms with van der Waals surface area (Å²) in [5, 5.41) is 6.85. The van der Waals surface area contributed by atoms with Gasteiger partial charge in [-0.15, -0.1) is 0 Å². The van der Waals surface area contributed by atoms with Gasteiger partial charge in [0.2, 0.25) is 5.91 Å². The molecule has 2 fully saturated rings. The van der Waals surface area contributed by atoms with Crippen molar-refractivity contribution in [3.8, 4) is 11.5 Å². The van der Waals surface area contributed by atoms with Gasteiger partial charge in [0.1, 0.15) is 18.0 Å². The molecule has 2 amide bonds. The van der Waals surface area contributed by atoms with Crippen molar-refractivity contribution in [3.05, 3.63) is 58.6 Å². The molecule has 0 spiro atoms. The fourth-order valence-corrected chi connectivity index (χ4v) is 5.36. The van der Waals surface area contributed by atoms with Crippen LogP contribution >= 0.6 is 11.6 Å². The third-order valence-corrected chi connectivity index (χ3v) is 7.83. The highest BCUT2D eigenvalue weighted by Gasteiger charge is 2.39. The first kappa shape index (κ1) is 27.4. The molecule has 1 saturated heterocycles. The summed E-state index contributed by atoms with van der Waals surface area (Å²) in [4.78, 5) is 31.1. The number of hydrogen-bond donors (Lipinski definition) is 0. The van der Waals surface area contributed by atoms with Gasteiger partial charge >= 0.3 is 0 Å². The van der Waals surface area contributed by atoms with E-state index in [2.05, 4.69) is 4.90 Å². The summed E-state index contributed by atoms with van der Waals surface area (Å²) in [6.07, 6.45) is 2.20. The van der Waals surface area contributed by atoms with Crippen LogP contribution in [-0.2, 0) is 14.3 Å². The fraction of sp³-hybridized carbons (Fsp3) is 0.483. The summed E-state index contributed by atoms with van der Waals surface area (Å²) in [5.41, 5.74) is 2.26. The quantitative estimate of drug-likeness (QED) is 0.446. The Kier molecular flexibility index (Phi) is 8.69. The van der Waals surface area contributed by atoms with Crippen LogP contribution in [0.4, 0.5) is 0 Å². The highest BCUT2D eigenvalue weighted by atomic mass is 35.5. The van der Waals surface area contributed by atoms with Gasteiger partial charge in [0.05, 0.1) is 39.2 Å². The van der Waals surface area contributed by atoms with Crippen LogP contribution in [-0.4, -0.2) is 92.5 Å². The monoisotopic (exact) mass is 554 g/mol. The summed E-state index contributed by atoms with van der Waals surface area (Å²) in [5.74, 6) is 1.09. The molecule has 10 heteroatoms. The van der Waals surface area contributed by atoms with E-state index in [0.29, 0.717) is 55.0 Å². The Balaban J connectivity index is 1.43. The zero-order valence-corrected chi connectivity index (χ0v) is 23.2. The molecule has 1 saturated carbocycles. The molecule has 2 aromatic rings. The Morgan fingerprint density at radius 1 is 1.10 bits per heavy atom. The number of nitrogens with zero attached hydrogens (tertiary/aromatic N) is 4. The second-order valence-corrected chi connectivity index (χ2v) is 10.5. The number of rotatable bonds is 10. The van der Waals surface area contributed by atoms with Gasteiger partial charge in [-0.25, -0.2) is 5.01 Å². The van der Waals surface area contributed by atoms with Crippen LogP contribution in [0.1, 0.15) is 36.4 Å². The van der Waals surface area contributed by atoms with Crippen LogP contribution in [0.5, 0.6) is 11.5 Å². The van der Waals surface area contributed by atoms with Crippen molar-refractivity contribution in [2.45, 2.75) is 25.3 Å². The molecule has 2 aromatic carbocycles. The third kappa shape index (κ3) is 6.37. The van der Waals surface area contributed by atoms with E-state index in [-0.39, 0.29) is 24.3 Å². The summed E-state index contributed by atoms with van der Waals surface area (Å²) in [7, 11) is 3.20. The highest BCUT2D eigenvalue weighted by Crippen LogP contribution is 2.40. The Labute approximate surface area is 234 Å². The lowest BCUT2D eigenvalue weighted by Crippen LogP contribution is -2.47. The molecule has 0 radical (unpaired) electrons. The average molecular weight is 555 g/mol. The average Bonchev–Trinajstić information content (AvgIpc) is 3.73. The zero-order valence-electron chi connectivity index (χ0n) is 22.5. The molecule has 0 bridgehead atoms. The number of methoxy groups -OCH3 is 2. The molecule has 0 N–H and O–H groups in total. The Morgan fingerprint density at radius 3 is 2.56 bits per heavy atom. The number of hydrazone groups is 1. The second-order valence-electron chi connectivity index (χ2n) is 10.1. The van der Waals surface area contributed by atoms with Crippen LogP contribution in [0.3, 0.4) is 0 Å². The number of ether oxygens (including phenoxy) is 3. The fourth-order valence-electron chi connectivity index (χ4n) is 5.12. The molecule has 208 valence electrons. The van der Waals surface area contributed by atoms with E-state index in [1.54, 1.807) is 19.1 Å². The molecule has 39 heavy (non-hydrogen) atoms. The number of morpholine rings is 1. The van der Waals surface area contributed by atoms with Gasteiger partial charge in [0.15, 0.2) is 0 Å². The van der Waals surface area contributed by atoms with Gasteiger partial charge < -0.3 is 19.1 Å². The number of benzene rings is 2. The topological polar surface area (TPSA) is 83.9 Å². The minimum Gasteiger partial charge on any atom is -0.497 e. The van der Waals surface area contributed by atoms with E-state index in [1.165, 1.54) is 5.01 Å². The van der Waals surface area contributed by atoms with Crippen molar-refractivity contribution in [2.24, 2.45) is 11.0 Å². The van der Waals surface area contributed by atoms with Crippen LogP contribution in [0.15, 0.2) is 47.6 Å². The van der Waals surface area contributed by atoms with Crippen LogP contribution in [0.25, 0.3) is 0 Å². The maximum Gasteiger partial charge on any atom is 0.262 e. The van der Waals surface area contributed by atoms with Gasteiger partial charge in [0, 0.05) is 54.7 Å². The van der Waals surface area contributed by atoms with E-state index in [1.807, 2.05) is 42.5 Å². The Morgan fingerprint density at radius 2 is 1.87 bits per heavy atom. The molecule has 2 aliphatic heterocycles. The smallest absolute Gasteiger partial charge is 0.262 e. The lowest BCUT2D eigenvalue weighted by molar-refractivity contribution is -0.142. The van der Waals surface area contributed by atoms with E-state index >= 15 is 0 Å². The van der Waals surface area contributed by atoms with Crippen molar-refractivity contribution in [1.82, 2.24) is 14.8 Å².